The van der Waals surface area contributed by atoms with Crippen molar-refractivity contribution >= 4 is 29.4 Å². The largest absolute Gasteiger partial charge is 0.494 e. The molecule has 0 spiro atoms. The van der Waals surface area contributed by atoms with Gasteiger partial charge in [-0.1, -0.05) is 12.1 Å². The average molecular weight is 579 g/mol. The fourth-order valence-electron chi connectivity index (χ4n) is 3.66. The smallest absolute Gasteiger partial charge is 0.453 e. The maximum absolute atomic E-state index is 12.9. The van der Waals surface area contributed by atoms with E-state index in [9.17, 15) is 36.6 Å². The van der Waals surface area contributed by atoms with Crippen LogP contribution in [0.1, 0.15) is 40.7 Å². The number of aliphatic carboxylic acids is 1. The molecule has 0 aromatic heterocycles. The van der Waals surface area contributed by atoms with Gasteiger partial charge in [0.2, 0.25) is 0 Å². The highest BCUT2D eigenvalue weighted by Crippen LogP contribution is 2.38. The predicted molar refractivity (Wildman–Crippen MR) is 143 cm³/mol. The molecule has 0 bridgehead atoms. The van der Waals surface area contributed by atoms with Crippen LogP contribution in [0, 0.1) is 0 Å². The average Bonchev–Trinajstić information content (AvgIpc) is 2.91. The van der Waals surface area contributed by atoms with E-state index in [2.05, 4.69) is 0 Å². The van der Waals surface area contributed by atoms with Gasteiger partial charge in [-0.3, -0.25) is 0 Å². The Bertz CT molecular complexity index is 1390. The van der Waals surface area contributed by atoms with Gasteiger partial charge in [-0.25, -0.2) is 9.59 Å². The van der Waals surface area contributed by atoms with Crippen molar-refractivity contribution in [3.05, 3.63) is 89.0 Å². The summed E-state index contributed by atoms with van der Waals surface area (Å²) in [4.78, 5) is 24.2. The van der Waals surface area contributed by atoms with E-state index in [0.29, 0.717) is 23.4 Å². The molecule has 7 nitrogen and oxygen atoms in total. The van der Waals surface area contributed by atoms with E-state index >= 15 is 0 Å². The number of carbonyl (C=O) groups excluding carboxylic acids is 1. The Labute approximate surface area is 232 Å². The highest BCUT2D eigenvalue weighted by Gasteiger charge is 2.56. The minimum absolute atomic E-state index is 0.138. The van der Waals surface area contributed by atoms with Gasteiger partial charge in [0.25, 0.3) is 0 Å². The van der Waals surface area contributed by atoms with Crippen molar-refractivity contribution in [1.29, 1.82) is 0 Å². The maximum atomic E-state index is 12.9. The molecule has 41 heavy (non-hydrogen) atoms. The van der Waals surface area contributed by atoms with Crippen LogP contribution in [-0.2, 0) is 11.2 Å². The lowest BCUT2D eigenvalue weighted by atomic mass is 10.0. The molecular formula is C29H27F5N2O5. The fraction of sp³-hybridized carbons (Fsp3) is 0.241. The van der Waals surface area contributed by atoms with Crippen molar-refractivity contribution in [2.45, 2.75) is 37.8 Å². The summed E-state index contributed by atoms with van der Waals surface area (Å²) in [6, 6.07) is 16.6. The van der Waals surface area contributed by atoms with Crippen LogP contribution in [0.25, 0.3) is 6.08 Å². The molecule has 5 N–H and O–H groups in total. The SMILES string of the molecule is Nc1ccc(N)c(CCC(=Cc2ccc(OC(=O)c3ccc(OCCCC(F)(F)C(F)(F)F)cc3)cc2)C(=O)O)c1. The number of carbonyl (C=O) groups is 2. The number of alkyl halides is 5. The van der Waals surface area contributed by atoms with E-state index in [1.807, 2.05) is 0 Å². The van der Waals surface area contributed by atoms with Crippen LogP contribution in [0.5, 0.6) is 11.5 Å². The summed E-state index contributed by atoms with van der Waals surface area (Å²) in [5.41, 5.74) is 14.3. The van der Waals surface area contributed by atoms with Crippen LogP contribution < -0.4 is 20.9 Å². The zero-order chi connectivity index (χ0) is 30.2. The van der Waals surface area contributed by atoms with E-state index in [4.69, 9.17) is 20.9 Å². The molecule has 0 aliphatic heterocycles. The quantitative estimate of drug-likeness (QED) is 0.0558. The van der Waals surface area contributed by atoms with Crippen LogP contribution in [0.15, 0.2) is 72.3 Å². The highest BCUT2D eigenvalue weighted by atomic mass is 19.4. The third-order valence-electron chi connectivity index (χ3n) is 5.95. The molecule has 0 aliphatic rings. The van der Waals surface area contributed by atoms with Crippen LogP contribution in [-0.4, -0.2) is 35.8 Å². The number of carboxylic acid groups (broad SMARTS) is 1. The number of hydrogen-bond acceptors (Lipinski definition) is 6. The molecule has 12 heteroatoms. The first-order valence-corrected chi connectivity index (χ1v) is 12.3. The second-order valence-electron chi connectivity index (χ2n) is 9.07. The van der Waals surface area contributed by atoms with Crippen LogP contribution in [0.3, 0.4) is 0 Å². The van der Waals surface area contributed by atoms with Gasteiger partial charge in [-0.15, -0.1) is 0 Å². The summed E-state index contributed by atoms with van der Waals surface area (Å²) >= 11 is 0. The maximum Gasteiger partial charge on any atom is 0.453 e. The standard InChI is InChI=1S/C29H27F5N2O5/c30-28(31,29(32,33)34)14-1-15-40-23-11-6-19(7-12-23)27(39)41-24-9-2-18(3-10-24)16-21(26(37)38)5-4-20-17-22(35)8-13-25(20)36/h2-3,6-13,16-17H,1,4-5,14-15,35-36H2,(H,37,38). The van der Waals surface area contributed by atoms with Crippen LogP contribution >= 0.6 is 0 Å². The molecule has 0 aliphatic carbocycles. The molecule has 0 radical (unpaired) electrons. The van der Waals surface area contributed by atoms with Crippen molar-refractivity contribution in [3.8, 4) is 11.5 Å². The Hall–Kier alpha value is -4.61. The molecule has 0 amide bonds. The number of esters is 1. The summed E-state index contributed by atoms with van der Waals surface area (Å²) in [5, 5.41) is 9.60. The summed E-state index contributed by atoms with van der Waals surface area (Å²) in [6.07, 6.45) is -5.44. The van der Waals surface area contributed by atoms with E-state index in [0.717, 1.165) is 5.56 Å². The molecular weight excluding hydrogens is 551 g/mol. The predicted octanol–water partition coefficient (Wildman–Crippen LogP) is 6.53. The fourth-order valence-corrected chi connectivity index (χ4v) is 3.66. The zero-order valence-electron chi connectivity index (χ0n) is 21.6. The number of hydrogen-bond donors (Lipinski definition) is 3. The van der Waals surface area contributed by atoms with Gasteiger partial charge in [-0.05, 0) is 91.1 Å². The number of halogens is 5. The van der Waals surface area contributed by atoms with Crippen molar-refractivity contribution in [3.63, 3.8) is 0 Å². The third kappa shape index (κ3) is 8.95. The Balaban J connectivity index is 1.54. The van der Waals surface area contributed by atoms with E-state index in [1.165, 1.54) is 42.5 Å². The van der Waals surface area contributed by atoms with Crippen molar-refractivity contribution in [2.75, 3.05) is 18.1 Å². The number of benzene rings is 3. The molecule has 0 unspecified atom stereocenters. The number of rotatable bonds is 12. The Morgan fingerprint density at radius 3 is 2.12 bits per heavy atom. The first-order chi connectivity index (χ1) is 19.2. The molecule has 0 fully saturated rings. The van der Waals surface area contributed by atoms with Crippen LogP contribution in [0.2, 0.25) is 0 Å². The lowest BCUT2D eigenvalue weighted by Gasteiger charge is -2.19. The van der Waals surface area contributed by atoms with Crippen molar-refractivity contribution in [1.82, 2.24) is 0 Å². The minimum atomic E-state index is -5.61. The van der Waals surface area contributed by atoms with Gasteiger partial charge < -0.3 is 26.0 Å². The van der Waals surface area contributed by atoms with Gasteiger partial charge in [0, 0.05) is 23.4 Å². The van der Waals surface area contributed by atoms with E-state index in [-0.39, 0.29) is 35.7 Å². The number of aryl methyl sites for hydroxylation is 1. The first kappa shape index (κ1) is 30.9. The lowest BCUT2D eigenvalue weighted by Crippen LogP contribution is -2.36. The van der Waals surface area contributed by atoms with Gasteiger partial charge in [0.1, 0.15) is 11.5 Å². The second kappa shape index (κ2) is 13.2. The van der Waals surface area contributed by atoms with Gasteiger partial charge >= 0.3 is 24.0 Å². The highest BCUT2D eigenvalue weighted by molar-refractivity contribution is 5.92. The summed E-state index contributed by atoms with van der Waals surface area (Å²) in [6.45, 7) is -0.366. The monoisotopic (exact) mass is 578 g/mol. The number of nitrogens with two attached hydrogens (primary N) is 2. The van der Waals surface area contributed by atoms with Gasteiger partial charge in [0.15, 0.2) is 0 Å². The lowest BCUT2D eigenvalue weighted by molar-refractivity contribution is -0.284. The second-order valence-corrected chi connectivity index (χ2v) is 9.07. The first-order valence-electron chi connectivity index (χ1n) is 12.3. The number of carboxylic acids is 1. The topological polar surface area (TPSA) is 125 Å². The van der Waals surface area contributed by atoms with Crippen molar-refractivity contribution in [2.24, 2.45) is 0 Å². The Morgan fingerprint density at radius 1 is 0.878 bits per heavy atom. The Kier molecular flexibility index (Phi) is 9.93. The van der Waals surface area contributed by atoms with E-state index in [1.54, 1.807) is 30.3 Å². The normalized spacial score (nSPS) is 12.2. The third-order valence-corrected chi connectivity index (χ3v) is 5.95. The number of ether oxygens (including phenoxy) is 2. The number of anilines is 2. The molecule has 0 heterocycles. The summed E-state index contributed by atoms with van der Waals surface area (Å²) < 4.78 is 72.9. The molecule has 0 atom stereocenters. The molecule has 3 aromatic rings. The molecule has 0 saturated heterocycles. The number of nitrogen functional groups attached to an aromatic ring is 2. The van der Waals surface area contributed by atoms with Crippen LogP contribution in [0.4, 0.5) is 33.3 Å². The van der Waals surface area contributed by atoms with Crippen molar-refractivity contribution < 1.29 is 46.1 Å². The minimum Gasteiger partial charge on any atom is -0.494 e. The molecule has 0 saturated carbocycles. The van der Waals surface area contributed by atoms with E-state index < -0.39 is 36.9 Å². The molecule has 3 rings (SSSR count). The zero-order valence-corrected chi connectivity index (χ0v) is 21.6. The summed E-state index contributed by atoms with van der Waals surface area (Å²) in [5.74, 6) is -6.21. The Morgan fingerprint density at radius 2 is 1.51 bits per heavy atom. The summed E-state index contributed by atoms with van der Waals surface area (Å²) in [7, 11) is 0. The van der Waals surface area contributed by atoms with Gasteiger partial charge in [-0.2, -0.15) is 22.0 Å². The molecule has 218 valence electrons. The van der Waals surface area contributed by atoms with Gasteiger partial charge in [0.05, 0.1) is 12.2 Å². The molecule has 3 aromatic carbocycles.